The third-order valence-corrected chi connectivity index (χ3v) is 2.79. The number of rotatable bonds is 1. The van der Waals surface area contributed by atoms with Gasteiger partial charge in [-0.3, -0.25) is 15.0 Å². The van der Waals surface area contributed by atoms with Crippen LogP contribution in [0.4, 0.5) is 8.78 Å². The summed E-state index contributed by atoms with van der Waals surface area (Å²) in [6, 6.07) is 10.3. The molecule has 108 valence electrons. The van der Waals surface area contributed by atoms with Crippen molar-refractivity contribution < 1.29 is 8.78 Å². The zero-order chi connectivity index (χ0) is 15.2. The number of hydrogen-bond acceptors (Lipinski definition) is 3. The maximum Gasteiger partial charge on any atom is 0.281 e. The van der Waals surface area contributed by atoms with Gasteiger partial charge in [0.15, 0.2) is 0 Å². The molecule has 0 spiro atoms. The second kappa shape index (κ2) is 6.83. The summed E-state index contributed by atoms with van der Waals surface area (Å²) >= 11 is 0. The van der Waals surface area contributed by atoms with Crippen LogP contribution >= 0.6 is 0 Å². The zero-order valence-electron chi connectivity index (χ0n) is 11.8. The second-order valence-corrected chi connectivity index (χ2v) is 4.58. The Hall–Kier alpha value is -2.43. The molecular weight excluding hydrogens is 272 g/mol. The number of benzene rings is 1. The Balaban J connectivity index is 0.000000155. The molecule has 0 N–H and O–H groups in total. The van der Waals surface area contributed by atoms with Crippen LogP contribution < -0.4 is 0 Å². The molecule has 0 aliphatic heterocycles. The average molecular weight is 287 g/mol. The van der Waals surface area contributed by atoms with Crippen LogP contribution in [0.25, 0.3) is 10.9 Å². The van der Waals surface area contributed by atoms with E-state index in [9.17, 15) is 8.78 Å². The van der Waals surface area contributed by atoms with Gasteiger partial charge in [0.1, 0.15) is 5.69 Å². The van der Waals surface area contributed by atoms with E-state index in [1.54, 1.807) is 6.92 Å². The number of hydrogen-bond donors (Lipinski definition) is 0. The number of nitrogens with zero attached hydrogens (tertiary/aromatic N) is 3. The third-order valence-electron chi connectivity index (χ3n) is 2.79. The molecule has 0 aliphatic rings. The average Bonchev–Trinajstić information content (AvgIpc) is 2.48. The van der Waals surface area contributed by atoms with Crippen molar-refractivity contribution in [3.63, 3.8) is 0 Å². The fraction of sp³-hybridized carbons (Fsp3) is 0.188. The highest BCUT2D eigenvalue weighted by molar-refractivity contribution is 5.78. The molecular formula is C16H15F2N3. The Bertz CT molecular complexity index is 712. The van der Waals surface area contributed by atoms with Gasteiger partial charge in [0.25, 0.3) is 6.43 Å². The van der Waals surface area contributed by atoms with Gasteiger partial charge in [-0.15, -0.1) is 0 Å². The molecule has 0 bridgehead atoms. The Morgan fingerprint density at radius 2 is 1.76 bits per heavy atom. The van der Waals surface area contributed by atoms with Gasteiger partial charge in [0.2, 0.25) is 0 Å². The number of fused-ring (bicyclic) bond motifs is 1. The van der Waals surface area contributed by atoms with Crippen molar-refractivity contribution in [1.82, 2.24) is 15.0 Å². The van der Waals surface area contributed by atoms with Crippen LogP contribution in [0.2, 0.25) is 0 Å². The molecule has 0 aliphatic carbocycles. The minimum absolute atomic E-state index is 0.273. The van der Waals surface area contributed by atoms with Gasteiger partial charge in [0, 0.05) is 17.8 Å². The van der Waals surface area contributed by atoms with Crippen molar-refractivity contribution in [3.05, 3.63) is 65.9 Å². The first-order valence-electron chi connectivity index (χ1n) is 6.44. The highest BCUT2D eigenvalue weighted by atomic mass is 19.3. The molecule has 0 fully saturated rings. The number of aryl methyl sites for hydroxylation is 2. The van der Waals surface area contributed by atoms with Crippen molar-refractivity contribution in [1.29, 1.82) is 0 Å². The Labute approximate surface area is 121 Å². The highest BCUT2D eigenvalue weighted by Crippen LogP contribution is 2.13. The Morgan fingerprint density at radius 1 is 0.952 bits per heavy atom. The summed E-state index contributed by atoms with van der Waals surface area (Å²) in [5.41, 5.74) is 2.71. The smallest absolute Gasteiger partial charge is 0.258 e. The summed E-state index contributed by atoms with van der Waals surface area (Å²) in [4.78, 5) is 11.4. The summed E-state index contributed by atoms with van der Waals surface area (Å²) in [5, 5.41) is 1.21. The number of pyridine rings is 1. The zero-order valence-corrected chi connectivity index (χ0v) is 11.8. The van der Waals surface area contributed by atoms with E-state index in [1.807, 2.05) is 12.3 Å². The Morgan fingerprint density at radius 3 is 2.43 bits per heavy atom. The predicted octanol–water partition coefficient (Wildman–Crippen LogP) is 4.27. The maximum atomic E-state index is 11.8. The van der Waals surface area contributed by atoms with E-state index in [-0.39, 0.29) is 5.69 Å². The fourth-order valence-corrected chi connectivity index (χ4v) is 1.69. The molecule has 0 amide bonds. The summed E-state index contributed by atoms with van der Waals surface area (Å²) in [6.45, 7) is 3.77. The van der Waals surface area contributed by atoms with E-state index < -0.39 is 6.43 Å². The third kappa shape index (κ3) is 4.27. The van der Waals surface area contributed by atoms with E-state index in [0.29, 0.717) is 5.69 Å². The Kier molecular flexibility index (Phi) is 4.87. The van der Waals surface area contributed by atoms with Crippen molar-refractivity contribution in [2.24, 2.45) is 0 Å². The number of halogens is 2. The summed E-state index contributed by atoms with van der Waals surface area (Å²) in [5.74, 6) is 0. The van der Waals surface area contributed by atoms with Crippen LogP contribution in [0.1, 0.15) is 23.4 Å². The minimum atomic E-state index is -2.52. The topological polar surface area (TPSA) is 38.7 Å². The first kappa shape index (κ1) is 15.0. The molecule has 0 saturated carbocycles. The lowest BCUT2D eigenvalue weighted by Crippen LogP contribution is -1.91. The van der Waals surface area contributed by atoms with E-state index >= 15 is 0 Å². The van der Waals surface area contributed by atoms with Gasteiger partial charge in [-0.2, -0.15) is 0 Å². The molecule has 5 heteroatoms. The molecule has 2 heterocycles. The molecule has 3 aromatic rings. The standard InChI is InChI=1S/C10H9N.C6H6F2N2/c1-8-4-5-9-3-2-6-11-10(9)7-8;1-4-2-10-5(3-9-4)6(7)8/h2-7H,1H3;2-3,6H,1H3. The second-order valence-electron chi connectivity index (χ2n) is 4.58. The van der Waals surface area contributed by atoms with Crippen molar-refractivity contribution >= 4 is 10.9 Å². The summed E-state index contributed by atoms with van der Waals surface area (Å²) in [6.07, 6.45) is 1.71. The van der Waals surface area contributed by atoms with Crippen molar-refractivity contribution in [3.8, 4) is 0 Å². The molecule has 0 radical (unpaired) electrons. The van der Waals surface area contributed by atoms with E-state index in [2.05, 4.69) is 46.1 Å². The van der Waals surface area contributed by atoms with Crippen molar-refractivity contribution in [2.45, 2.75) is 20.3 Å². The summed E-state index contributed by atoms with van der Waals surface area (Å²) in [7, 11) is 0. The molecule has 1 aromatic carbocycles. The molecule has 3 nitrogen and oxygen atoms in total. The van der Waals surface area contributed by atoms with E-state index in [4.69, 9.17) is 0 Å². The SMILES string of the molecule is Cc1ccc2cccnc2c1.Cc1cnc(C(F)F)cn1. The van der Waals surface area contributed by atoms with Crippen molar-refractivity contribution in [2.75, 3.05) is 0 Å². The molecule has 0 atom stereocenters. The van der Waals surface area contributed by atoms with Crippen LogP contribution in [-0.4, -0.2) is 15.0 Å². The predicted molar refractivity (Wildman–Crippen MR) is 78.2 cm³/mol. The lowest BCUT2D eigenvalue weighted by Gasteiger charge is -1.95. The van der Waals surface area contributed by atoms with Gasteiger partial charge in [-0.25, -0.2) is 8.78 Å². The molecule has 3 rings (SSSR count). The highest BCUT2D eigenvalue weighted by Gasteiger charge is 2.07. The monoisotopic (exact) mass is 287 g/mol. The summed E-state index contributed by atoms with van der Waals surface area (Å²) < 4.78 is 23.6. The van der Waals surface area contributed by atoms with Crippen LogP contribution in [-0.2, 0) is 0 Å². The fourth-order valence-electron chi connectivity index (χ4n) is 1.69. The normalized spacial score (nSPS) is 10.3. The first-order chi connectivity index (χ1) is 10.1. The minimum Gasteiger partial charge on any atom is -0.258 e. The molecule has 0 unspecified atom stereocenters. The lowest BCUT2D eigenvalue weighted by molar-refractivity contribution is 0.145. The van der Waals surface area contributed by atoms with Gasteiger partial charge < -0.3 is 0 Å². The maximum absolute atomic E-state index is 11.8. The van der Waals surface area contributed by atoms with Crippen LogP contribution in [0.3, 0.4) is 0 Å². The van der Waals surface area contributed by atoms with Crippen LogP contribution in [0, 0.1) is 13.8 Å². The van der Waals surface area contributed by atoms with Crippen LogP contribution in [0.15, 0.2) is 48.9 Å². The lowest BCUT2D eigenvalue weighted by atomic mass is 10.1. The quantitative estimate of drug-likeness (QED) is 0.671. The first-order valence-corrected chi connectivity index (χ1v) is 6.44. The molecule has 2 aromatic heterocycles. The van der Waals surface area contributed by atoms with Gasteiger partial charge in [0.05, 0.1) is 17.4 Å². The van der Waals surface area contributed by atoms with E-state index in [0.717, 1.165) is 11.7 Å². The van der Waals surface area contributed by atoms with Gasteiger partial charge in [-0.1, -0.05) is 18.2 Å². The van der Waals surface area contributed by atoms with Gasteiger partial charge in [-0.05, 0) is 31.5 Å². The molecule has 21 heavy (non-hydrogen) atoms. The number of alkyl halides is 2. The van der Waals surface area contributed by atoms with E-state index in [1.165, 1.54) is 17.1 Å². The number of aromatic nitrogens is 3. The van der Waals surface area contributed by atoms with Gasteiger partial charge >= 0.3 is 0 Å². The largest absolute Gasteiger partial charge is 0.281 e. The van der Waals surface area contributed by atoms with Crippen LogP contribution in [0.5, 0.6) is 0 Å². The molecule has 0 saturated heterocycles.